The van der Waals surface area contributed by atoms with E-state index in [0.29, 0.717) is 16.7 Å². The molecule has 0 spiro atoms. The van der Waals surface area contributed by atoms with Crippen LogP contribution in [-0.2, 0) is 14.8 Å². The molecule has 0 N–H and O–H groups in total. The highest BCUT2D eigenvalue weighted by Crippen LogP contribution is 2.41. The van der Waals surface area contributed by atoms with Gasteiger partial charge >= 0.3 is 0 Å². The van der Waals surface area contributed by atoms with Crippen LogP contribution in [0.1, 0.15) is 66.8 Å². The van der Waals surface area contributed by atoms with Gasteiger partial charge in [0, 0.05) is 12.0 Å². The Morgan fingerprint density at radius 2 is 1.79 bits per heavy atom. The van der Waals surface area contributed by atoms with E-state index in [4.69, 9.17) is 4.74 Å². The fourth-order valence-electron chi connectivity index (χ4n) is 3.72. The molecule has 1 aliphatic rings. The largest absolute Gasteiger partial charge is 0.472 e. The fourth-order valence-corrected chi connectivity index (χ4v) is 5.49. The number of carbonyl (C=O) groups excluding carboxylic acids is 1. The van der Waals surface area contributed by atoms with Crippen LogP contribution in [0.25, 0.3) is 0 Å². The molecule has 0 saturated carbocycles. The highest BCUT2D eigenvalue weighted by molar-refractivity contribution is 7.90. The van der Waals surface area contributed by atoms with E-state index in [2.05, 4.69) is 4.40 Å². The van der Waals surface area contributed by atoms with Crippen LogP contribution in [0.3, 0.4) is 0 Å². The van der Waals surface area contributed by atoms with Gasteiger partial charge in [0.15, 0.2) is 5.78 Å². The topological polar surface area (TPSA) is 72.8 Å². The van der Waals surface area contributed by atoms with Gasteiger partial charge in [-0.3, -0.25) is 4.79 Å². The number of halogens is 1. The molecule has 7 heteroatoms. The summed E-state index contributed by atoms with van der Waals surface area (Å²) in [6, 6.07) is 12.8. The summed E-state index contributed by atoms with van der Waals surface area (Å²) in [5.41, 5.74) is 0.410. The lowest BCUT2D eigenvalue weighted by Crippen LogP contribution is -2.43. The van der Waals surface area contributed by atoms with Crippen molar-refractivity contribution < 1.29 is 22.3 Å². The van der Waals surface area contributed by atoms with Crippen LogP contribution in [-0.4, -0.2) is 25.7 Å². The molecular weight excluding hydrogens is 393 g/mol. The summed E-state index contributed by atoms with van der Waals surface area (Å²) in [4.78, 5) is 11.5. The van der Waals surface area contributed by atoms with Crippen LogP contribution >= 0.6 is 0 Å². The average molecular weight is 418 g/mol. The summed E-state index contributed by atoms with van der Waals surface area (Å²) >= 11 is 0. The van der Waals surface area contributed by atoms with Crippen molar-refractivity contribution in [2.45, 2.75) is 50.9 Å². The Labute approximate surface area is 170 Å². The first kappa shape index (κ1) is 21.2. The summed E-state index contributed by atoms with van der Waals surface area (Å²) in [5.74, 6) is -0.669. The van der Waals surface area contributed by atoms with E-state index in [9.17, 15) is 17.6 Å². The molecule has 154 valence electrons. The van der Waals surface area contributed by atoms with Crippen molar-refractivity contribution in [3.05, 3.63) is 71.0 Å². The minimum atomic E-state index is -3.92. The zero-order valence-electron chi connectivity index (χ0n) is 16.8. The van der Waals surface area contributed by atoms with Gasteiger partial charge in [-0.15, -0.1) is 4.40 Å². The summed E-state index contributed by atoms with van der Waals surface area (Å²) in [6.45, 7) is 6.64. The fraction of sp³-hybridized carbons (Fsp3) is 0.364. The molecule has 2 aromatic carbocycles. The first-order chi connectivity index (χ1) is 13.5. The molecule has 3 rings (SSSR count). The van der Waals surface area contributed by atoms with Gasteiger partial charge in [-0.05, 0) is 43.9 Å². The van der Waals surface area contributed by atoms with E-state index < -0.39 is 20.9 Å². The number of sulfonamides is 1. The normalized spacial score (nSPS) is 21.0. The Hall–Kier alpha value is -2.54. The van der Waals surface area contributed by atoms with Gasteiger partial charge in [0.2, 0.25) is 5.90 Å². The lowest BCUT2D eigenvalue weighted by atomic mass is 9.95. The van der Waals surface area contributed by atoms with Crippen LogP contribution in [0.2, 0.25) is 0 Å². The molecule has 5 nitrogen and oxygen atoms in total. The van der Waals surface area contributed by atoms with Gasteiger partial charge < -0.3 is 4.74 Å². The molecule has 0 fully saturated rings. The van der Waals surface area contributed by atoms with Crippen molar-refractivity contribution in [2.75, 3.05) is 0 Å². The van der Waals surface area contributed by atoms with Crippen LogP contribution < -0.4 is 0 Å². The molecule has 0 amide bonds. The zero-order valence-corrected chi connectivity index (χ0v) is 17.7. The number of nitrogens with zero attached hydrogens (tertiary/aromatic N) is 1. The molecular formula is C22H24FNO4S. The summed E-state index contributed by atoms with van der Waals surface area (Å²) < 4.78 is 49.9. The Bertz CT molecular complexity index is 1060. The predicted molar refractivity (Wildman–Crippen MR) is 110 cm³/mol. The minimum Gasteiger partial charge on any atom is -0.472 e. The van der Waals surface area contributed by atoms with Crippen LogP contribution in [0, 0.1) is 5.82 Å². The SMILES string of the molecule is CC(=O)c1ccc(C2C(C)(C)OC(C[C@@H](C)c3ccccc3F)=NS2(=O)=O)cc1. The van der Waals surface area contributed by atoms with Gasteiger partial charge in [-0.2, -0.15) is 0 Å². The third-order valence-electron chi connectivity index (χ3n) is 5.08. The number of hydrogen-bond acceptors (Lipinski definition) is 4. The van der Waals surface area contributed by atoms with Crippen molar-refractivity contribution in [3.8, 4) is 0 Å². The van der Waals surface area contributed by atoms with Gasteiger partial charge in [0.1, 0.15) is 16.7 Å². The quantitative estimate of drug-likeness (QED) is 0.655. The van der Waals surface area contributed by atoms with Crippen molar-refractivity contribution in [2.24, 2.45) is 4.40 Å². The van der Waals surface area contributed by atoms with Crippen LogP contribution in [0.15, 0.2) is 52.9 Å². The molecule has 1 unspecified atom stereocenters. The van der Waals surface area contributed by atoms with Crippen LogP contribution in [0.5, 0.6) is 0 Å². The van der Waals surface area contributed by atoms with Gasteiger partial charge in [0.25, 0.3) is 10.0 Å². The lowest BCUT2D eigenvalue weighted by molar-refractivity contribution is 0.0803. The highest BCUT2D eigenvalue weighted by Gasteiger charge is 2.47. The highest BCUT2D eigenvalue weighted by atomic mass is 32.2. The molecule has 2 atom stereocenters. The molecule has 2 aromatic rings. The second kappa shape index (κ2) is 7.71. The first-order valence-corrected chi connectivity index (χ1v) is 10.9. The van der Waals surface area contributed by atoms with E-state index in [0.717, 1.165) is 0 Å². The van der Waals surface area contributed by atoms with E-state index in [1.165, 1.54) is 13.0 Å². The Morgan fingerprint density at radius 1 is 1.17 bits per heavy atom. The maximum atomic E-state index is 14.0. The predicted octanol–water partition coefficient (Wildman–Crippen LogP) is 4.80. The number of benzene rings is 2. The van der Waals surface area contributed by atoms with E-state index in [-0.39, 0.29) is 29.8 Å². The van der Waals surface area contributed by atoms with E-state index in [1.807, 2.05) is 0 Å². The Kier molecular flexibility index (Phi) is 5.63. The summed E-state index contributed by atoms with van der Waals surface area (Å²) in [5, 5.41) is -1.01. The van der Waals surface area contributed by atoms with E-state index in [1.54, 1.807) is 63.2 Å². The van der Waals surface area contributed by atoms with Gasteiger partial charge in [0.05, 0.1) is 0 Å². The molecule has 1 heterocycles. The number of hydrogen-bond donors (Lipinski definition) is 0. The smallest absolute Gasteiger partial charge is 0.267 e. The van der Waals surface area contributed by atoms with Crippen molar-refractivity contribution in [1.82, 2.24) is 0 Å². The third-order valence-corrected chi connectivity index (χ3v) is 6.97. The maximum Gasteiger partial charge on any atom is 0.267 e. The van der Waals surface area contributed by atoms with Gasteiger partial charge in [-0.25, -0.2) is 12.8 Å². The molecule has 29 heavy (non-hydrogen) atoms. The number of rotatable bonds is 5. The molecule has 0 radical (unpaired) electrons. The Morgan fingerprint density at radius 3 is 2.34 bits per heavy atom. The molecule has 0 aliphatic carbocycles. The zero-order chi connectivity index (χ0) is 21.4. The Balaban J connectivity index is 1.91. The molecule has 0 saturated heterocycles. The maximum absolute atomic E-state index is 14.0. The van der Waals surface area contributed by atoms with Gasteiger partial charge in [-0.1, -0.05) is 49.4 Å². The summed E-state index contributed by atoms with van der Waals surface area (Å²) in [6.07, 6.45) is 0.166. The van der Waals surface area contributed by atoms with E-state index >= 15 is 0 Å². The number of ether oxygens (including phenoxy) is 1. The minimum absolute atomic E-state index is 0.0716. The number of ketones is 1. The molecule has 1 aliphatic heterocycles. The summed E-state index contributed by atoms with van der Waals surface area (Å²) in [7, 11) is -3.92. The number of Topliss-reactive ketones (excluding diaryl/α,β-unsaturated/α-hetero) is 1. The number of carbonyl (C=O) groups is 1. The second-order valence-electron chi connectivity index (χ2n) is 7.89. The van der Waals surface area contributed by atoms with Crippen LogP contribution in [0.4, 0.5) is 4.39 Å². The molecule has 0 aromatic heterocycles. The third kappa shape index (κ3) is 4.40. The average Bonchev–Trinajstić information content (AvgIpc) is 2.60. The van der Waals surface area contributed by atoms with Crippen molar-refractivity contribution in [1.29, 1.82) is 0 Å². The standard InChI is InChI=1S/C22H24FNO4S/c1-14(18-7-5-6-8-19(18)23)13-20-24-29(26,27)21(22(3,4)28-20)17-11-9-16(10-12-17)15(2)25/h5-12,14,21H,13H2,1-4H3/t14-,21?/m1/s1. The monoisotopic (exact) mass is 417 g/mol. The van der Waals surface area contributed by atoms with Crippen molar-refractivity contribution >= 4 is 21.7 Å². The first-order valence-electron chi connectivity index (χ1n) is 9.38. The van der Waals surface area contributed by atoms with Crippen molar-refractivity contribution in [3.63, 3.8) is 0 Å². The molecule has 0 bridgehead atoms. The lowest BCUT2D eigenvalue weighted by Gasteiger charge is -2.37. The second-order valence-corrected chi connectivity index (χ2v) is 9.57.